The first-order valence-electron chi connectivity index (χ1n) is 11.2. The number of nitrogens with one attached hydrogen (secondary N) is 2. The Hall–Kier alpha value is -3.88. The molecule has 0 radical (unpaired) electrons. The fourth-order valence-electron chi connectivity index (χ4n) is 3.47. The molecule has 2 aromatic carbocycles. The molecule has 9 nitrogen and oxygen atoms in total. The molecule has 34 heavy (non-hydrogen) atoms. The van der Waals surface area contributed by atoms with E-state index >= 15 is 0 Å². The van der Waals surface area contributed by atoms with Gasteiger partial charge in [-0.25, -0.2) is 4.68 Å². The predicted molar refractivity (Wildman–Crippen MR) is 129 cm³/mol. The number of hydrogen-bond acceptors (Lipinski definition) is 6. The average molecular weight is 467 g/mol. The van der Waals surface area contributed by atoms with Crippen molar-refractivity contribution in [3.8, 4) is 11.5 Å². The summed E-state index contributed by atoms with van der Waals surface area (Å²) in [6, 6.07) is 12.2. The summed E-state index contributed by atoms with van der Waals surface area (Å²) in [6.07, 6.45) is 0. The van der Waals surface area contributed by atoms with Crippen LogP contribution in [0, 0.1) is 5.92 Å². The minimum absolute atomic E-state index is 0.120. The first-order valence-corrected chi connectivity index (χ1v) is 11.2. The van der Waals surface area contributed by atoms with Gasteiger partial charge in [0.1, 0.15) is 0 Å². The van der Waals surface area contributed by atoms with Crippen molar-refractivity contribution in [1.82, 2.24) is 20.4 Å². The van der Waals surface area contributed by atoms with E-state index in [-0.39, 0.29) is 42.1 Å². The van der Waals surface area contributed by atoms with Gasteiger partial charge in [-0.3, -0.25) is 14.4 Å². The SMILES string of the molecule is CCNC(=O)COc1ccc(CNC(=O)c2nn(CC(C)C)c(=O)c3ccccc23)cc1OC. The van der Waals surface area contributed by atoms with Gasteiger partial charge in [-0.05, 0) is 36.6 Å². The van der Waals surface area contributed by atoms with Crippen LogP contribution >= 0.6 is 0 Å². The summed E-state index contributed by atoms with van der Waals surface area (Å²) in [5, 5.41) is 10.9. The van der Waals surface area contributed by atoms with Crippen molar-refractivity contribution in [3.05, 3.63) is 64.1 Å². The molecular weight excluding hydrogens is 436 g/mol. The molecule has 9 heteroatoms. The Kier molecular flexibility index (Phi) is 8.24. The lowest BCUT2D eigenvalue weighted by atomic mass is 10.1. The van der Waals surface area contributed by atoms with Gasteiger partial charge in [0.25, 0.3) is 17.4 Å². The fourth-order valence-corrected chi connectivity index (χ4v) is 3.47. The number of rotatable bonds is 10. The van der Waals surface area contributed by atoms with Gasteiger partial charge in [0.2, 0.25) is 0 Å². The Morgan fingerprint density at radius 1 is 1.06 bits per heavy atom. The minimum atomic E-state index is -0.385. The molecule has 0 spiro atoms. The fraction of sp³-hybridized carbons (Fsp3) is 0.360. The smallest absolute Gasteiger partial charge is 0.274 e. The van der Waals surface area contributed by atoms with E-state index in [0.717, 1.165) is 5.56 Å². The molecule has 180 valence electrons. The number of ether oxygens (including phenoxy) is 2. The van der Waals surface area contributed by atoms with Crippen LogP contribution in [0.1, 0.15) is 36.8 Å². The average Bonchev–Trinajstić information content (AvgIpc) is 2.83. The zero-order valence-electron chi connectivity index (χ0n) is 19.9. The van der Waals surface area contributed by atoms with Crippen LogP contribution in [0.4, 0.5) is 0 Å². The minimum Gasteiger partial charge on any atom is -0.493 e. The predicted octanol–water partition coefficient (Wildman–Crippen LogP) is 2.51. The standard InChI is InChI=1S/C25H30N4O5/c1-5-26-22(30)15-34-20-11-10-17(12-21(20)33-4)13-27-24(31)23-18-8-6-7-9-19(18)25(32)29(28-23)14-16(2)3/h6-12,16H,5,13-15H2,1-4H3,(H,26,30)(H,27,31). The van der Waals surface area contributed by atoms with E-state index in [1.54, 1.807) is 42.5 Å². The number of likely N-dealkylation sites (N-methyl/N-ethyl adjacent to an activating group) is 1. The third-order valence-corrected chi connectivity index (χ3v) is 5.03. The van der Waals surface area contributed by atoms with Crippen molar-refractivity contribution < 1.29 is 19.1 Å². The molecule has 2 N–H and O–H groups in total. The van der Waals surface area contributed by atoms with Crippen molar-refractivity contribution in [1.29, 1.82) is 0 Å². The van der Waals surface area contributed by atoms with Crippen molar-refractivity contribution in [2.24, 2.45) is 5.92 Å². The van der Waals surface area contributed by atoms with E-state index in [9.17, 15) is 14.4 Å². The van der Waals surface area contributed by atoms with Crippen LogP contribution in [0.25, 0.3) is 10.8 Å². The van der Waals surface area contributed by atoms with Crippen LogP contribution in [-0.4, -0.2) is 41.9 Å². The van der Waals surface area contributed by atoms with Crippen LogP contribution in [0.5, 0.6) is 11.5 Å². The van der Waals surface area contributed by atoms with Gasteiger partial charge < -0.3 is 20.1 Å². The second-order valence-corrected chi connectivity index (χ2v) is 8.19. The number of methoxy groups -OCH3 is 1. The zero-order chi connectivity index (χ0) is 24.7. The highest BCUT2D eigenvalue weighted by molar-refractivity contribution is 6.04. The molecule has 2 amide bonds. The van der Waals surface area contributed by atoms with E-state index in [4.69, 9.17) is 9.47 Å². The Bertz CT molecular complexity index is 1240. The highest BCUT2D eigenvalue weighted by Gasteiger charge is 2.17. The monoisotopic (exact) mass is 466 g/mol. The van der Waals surface area contributed by atoms with Crippen LogP contribution < -0.4 is 25.7 Å². The summed E-state index contributed by atoms with van der Waals surface area (Å²) in [4.78, 5) is 37.5. The van der Waals surface area contributed by atoms with E-state index in [1.807, 2.05) is 20.8 Å². The lowest BCUT2D eigenvalue weighted by molar-refractivity contribution is -0.123. The molecule has 1 aromatic heterocycles. The van der Waals surface area contributed by atoms with Gasteiger partial charge in [0.05, 0.1) is 12.5 Å². The molecule has 0 aliphatic rings. The number of aromatic nitrogens is 2. The second-order valence-electron chi connectivity index (χ2n) is 8.19. The molecule has 0 atom stereocenters. The van der Waals surface area contributed by atoms with Crippen molar-refractivity contribution in [3.63, 3.8) is 0 Å². The first kappa shape index (κ1) is 24.8. The topological polar surface area (TPSA) is 112 Å². The highest BCUT2D eigenvalue weighted by Crippen LogP contribution is 2.28. The molecule has 0 fully saturated rings. The summed E-state index contributed by atoms with van der Waals surface area (Å²) in [5.41, 5.74) is 0.758. The highest BCUT2D eigenvalue weighted by atomic mass is 16.5. The van der Waals surface area contributed by atoms with Crippen LogP contribution in [0.3, 0.4) is 0 Å². The van der Waals surface area contributed by atoms with Crippen LogP contribution in [0.15, 0.2) is 47.3 Å². The Morgan fingerprint density at radius 2 is 1.79 bits per heavy atom. The summed E-state index contributed by atoms with van der Waals surface area (Å²) < 4.78 is 12.3. The molecule has 3 aromatic rings. The quantitative estimate of drug-likeness (QED) is 0.475. The van der Waals surface area contributed by atoms with Gasteiger partial charge >= 0.3 is 0 Å². The molecule has 0 saturated heterocycles. The van der Waals surface area contributed by atoms with Gasteiger partial charge in [0.15, 0.2) is 23.8 Å². The lowest BCUT2D eigenvalue weighted by Gasteiger charge is -2.14. The van der Waals surface area contributed by atoms with E-state index in [2.05, 4.69) is 15.7 Å². The summed E-state index contributed by atoms with van der Waals surface area (Å²) in [5.74, 6) is 0.467. The summed E-state index contributed by atoms with van der Waals surface area (Å²) >= 11 is 0. The second kappa shape index (κ2) is 11.3. The molecule has 0 aliphatic heterocycles. The number of carbonyl (C=O) groups excluding carboxylic acids is 2. The molecule has 0 bridgehead atoms. The summed E-state index contributed by atoms with van der Waals surface area (Å²) in [6.45, 7) is 6.84. The maximum atomic E-state index is 13.1. The summed E-state index contributed by atoms with van der Waals surface area (Å²) in [7, 11) is 1.50. The van der Waals surface area contributed by atoms with E-state index < -0.39 is 0 Å². The number of benzene rings is 2. The van der Waals surface area contributed by atoms with Crippen LogP contribution in [0.2, 0.25) is 0 Å². The molecule has 1 heterocycles. The normalized spacial score (nSPS) is 10.9. The number of hydrogen-bond donors (Lipinski definition) is 2. The first-order chi connectivity index (χ1) is 16.3. The molecule has 0 aliphatic carbocycles. The number of carbonyl (C=O) groups is 2. The maximum Gasteiger partial charge on any atom is 0.274 e. The van der Waals surface area contributed by atoms with E-state index in [0.29, 0.717) is 35.4 Å². The molecule has 0 saturated carbocycles. The number of nitrogens with zero attached hydrogens (tertiary/aromatic N) is 2. The third kappa shape index (κ3) is 5.92. The van der Waals surface area contributed by atoms with Crippen molar-refractivity contribution in [2.45, 2.75) is 33.9 Å². The molecular formula is C25H30N4O5. The van der Waals surface area contributed by atoms with Gasteiger partial charge in [-0.2, -0.15) is 5.10 Å². The molecule has 3 rings (SSSR count). The van der Waals surface area contributed by atoms with Crippen molar-refractivity contribution in [2.75, 3.05) is 20.3 Å². The van der Waals surface area contributed by atoms with Crippen molar-refractivity contribution >= 4 is 22.6 Å². The molecule has 0 unspecified atom stereocenters. The lowest BCUT2D eigenvalue weighted by Crippen LogP contribution is -2.31. The van der Waals surface area contributed by atoms with E-state index in [1.165, 1.54) is 11.8 Å². The zero-order valence-corrected chi connectivity index (χ0v) is 19.9. The Balaban J connectivity index is 1.78. The van der Waals surface area contributed by atoms with Crippen LogP contribution in [-0.2, 0) is 17.9 Å². The largest absolute Gasteiger partial charge is 0.493 e. The van der Waals surface area contributed by atoms with Gasteiger partial charge in [-0.1, -0.05) is 38.1 Å². The van der Waals surface area contributed by atoms with Gasteiger partial charge in [0, 0.05) is 25.0 Å². The Morgan fingerprint density at radius 3 is 2.47 bits per heavy atom. The number of amides is 2. The van der Waals surface area contributed by atoms with Gasteiger partial charge in [-0.15, -0.1) is 0 Å². The third-order valence-electron chi connectivity index (χ3n) is 5.03. The maximum absolute atomic E-state index is 13.1. The Labute approximate surface area is 198 Å². The number of fused-ring (bicyclic) bond motifs is 1.